The highest BCUT2D eigenvalue weighted by Crippen LogP contribution is 2.47. The number of aryl methyl sites for hydroxylation is 4. The van der Waals surface area contributed by atoms with Crippen LogP contribution in [0.15, 0.2) is 65.0 Å². The number of aromatic nitrogens is 1. The molecule has 0 radical (unpaired) electrons. The van der Waals surface area contributed by atoms with Gasteiger partial charge in [-0.3, -0.25) is 0 Å². The summed E-state index contributed by atoms with van der Waals surface area (Å²) in [5.41, 5.74) is 7.79. The first-order valence-electron chi connectivity index (χ1n) is 9.84. The van der Waals surface area contributed by atoms with Crippen LogP contribution in [0, 0.1) is 20.8 Å². The number of benzene rings is 2. The predicted octanol–water partition coefficient (Wildman–Crippen LogP) is 6.17. The zero-order chi connectivity index (χ0) is 19.8. The van der Waals surface area contributed by atoms with Crippen molar-refractivity contribution in [3.05, 3.63) is 82.5 Å². The third kappa shape index (κ3) is 3.24. The summed E-state index contributed by atoms with van der Waals surface area (Å²) in [5, 5.41) is 2.54. The van der Waals surface area contributed by atoms with E-state index in [1.807, 2.05) is 17.8 Å². The van der Waals surface area contributed by atoms with Crippen LogP contribution in [0.2, 0.25) is 0 Å². The van der Waals surface area contributed by atoms with E-state index in [9.17, 15) is 0 Å². The highest BCUT2D eigenvalue weighted by Gasteiger charge is 2.26. The number of nitrogens with zero attached hydrogens (tertiary/aromatic N) is 2. The van der Waals surface area contributed by atoms with E-state index in [4.69, 9.17) is 0 Å². The summed E-state index contributed by atoms with van der Waals surface area (Å²) in [6.07, 6.45) is 4.31. The number of hydrogen-bond acceptors (Lipinski definition) is 2. The molecule has 2 nitrogen and oxygen atoms in total. The Labute approximate surface area is 172 Å². The van der Waals surface area contributed by atoms with Crippen LogP contribution in [0.25, 0.3) is 17.0 Å². The zero-order valence-electron chi connectivity index (χ0n) is 17.1. The molecule has 0 saturated carbocycles. The second-order valence-electron chi connectivity index (χ2n) is 7.45. The van der Waals surface area contributed by atoms with Crippen molar-refractivity contribution >= 4 is 34.4 Å². The van der Waals surface area contributed by atoms with Gasteiger partial charge in [-0.05, 0) is 68.7 Å². The van der Waals surface area contributed by atoms with Crippen molar-refractivity contribution in [2.24, 2.45) is 0 Å². The smallest absolute Gasteiger partial charge is 0.213 e. The van der Waals surface area contributed by atoms with Gasteiger partial charge in [0.2, 0.25) is 11.2 Å². The Kier molecular flexibility index (Phi) is 5.03. The first-order chi connectivity index (χ1) is 13.5. The Morgan fingerprint density at radius 2 is 1.79 bits per heavy atom. The van der Waals surface area contributed by atoms with Crippen molar-refractivity contribution in [3.63, 3.8) is 0 Å². The van der Waals surface area contributed by atoms with Gasteiger partial charge in [0, 0.05) is 35.0 Å². The monoisotopic (exact) mass is 387 g/mol. The average molecular weight is 388 g/mol. The topological polar surface area (TPSA) is 7.12 Å². The summed E-state index contributed by atoms with van der Waals surface area (Å²) >= 11 is 1.86. The largest absolute Gasteiger partial charge is 0.331 e. The van der Waals surface area contributed by atoms with Crippen LogP contribution in [0.4, 0.5) is 5.69 Å². The van der Waals surface area contributed by atoms with E-state index in [-0.39, 0.29) is 0 Å². The maximum atomic E-state index is 3.98. The normalized spacial score (nSPS) is 14.7. The first-order valence-corrected chi connectivity index (χ1v) is 10.7. The van der Waals surface area contributed by atoms with E-state index in [1.54, 1.807) is 0 Å². The van der Waals surface area contributed by atoms with Crippen LogP contribution >= 0.6 is 11.8 Å². The van der Waals surface area contributed by atoms with Crippen molar-refractivity contribution in [1.82, 2.24) is 0 Å². The second kappa shape index (κ2) is 7.48. The molecule has 0 atom stereocenters. The van der Waals surface area contributed by atoms with Crippen molar-refractivity contribution < 1.29 is 4.57 Å². The molecule has 4 rings (SSSR count). The fourth-order valence-electron chi connectivity index (χ4n) is 3.82. The standard InChI is InChI=1S/C25H27N2S/c1-6-12-27-23-14-18(4)19(5)15-24(23)28-25(27)16-21-11-10-20-9-8-17(3)13-22(20)26(21)7-2/h6,8-11,13-16H,1,7,12H2,2-5H3/q+1. The number of hydrogen-bond donors (Lipinski definition) is 0. The minimum atomic E-state index is 0.813. The molecule has 28 heavy (non-hydrogen) atoms. The lowest BCUT2D eigenvalue weighted by Crippen LogP contribution is -2.37. The summed E-state index contributed by atoms with van der Waals surface area (Å²) in [6, 6.07) is 15.8. The van der Waals surface area contributed by atoms with Gasteiger partial charge in [0.15, 0.2) is 0 Å². The molecule has 2 aromatic carbocycles. The molecule has 2 heterocycles. The molecule has 3 aromatic rings. The molecule has 1 aliphatic rings. The molecule has 0 fully saturated rings. The first kappa shape index (κ1) is 18.8. The molecule has 0 N–H and O–H groups in total. The number of thioether (sulfide) groups is 1. The van der Waals surface area contributed by atoms with Gasteiger partial charge >= 0.3 is 0 Å². The third-order valence-electron chi connectivity index (χ3n) is 5.47. The van der Waals surface area contributed by atoms with E-state index in [0.717, 1.165) is 13.1 Å². The van der Waals surface area contributed by atoms with Crippen molar-refractivity contribution in [2.75, 3.05) is 11.4 Å². The number of pyridine rings is 1. The van der Waals surface area contributed by atoms with E-state index in [1.165, 1.54) is 48.9 Å². The Balaban J connectivity index is 1.85. The van der Waals surface area contributed by atoms with Gasteiger partial charge in [0.05, 0.1) is 10.7 Å². The molecule has 0 unspecified atom stereocenters. The molecule has 0 spiro atoms. The Morgan fingerprint density at radius 1 is 1.04 bits per heavy atom. The Bertz CT molecular complexity index is 1110. The lowest BCUT2D eigenvalue weighted by Gasteiger charge is -2.19. The minimum Gasteiger partial charge on any atom is -0.331 e. The van der Waals surface area contributed by atoms with Gasteiger partial charge < -0.3 is 4.90 Å². The zero-order valence-corrected chi connectivity index (χ0v) is 17.9. The van der Waals surface area contributed by atoms with Gasteiger partial charge in [-0.15, -0.1) is 6.58 Å². The van der Waals surface area contributed by atoms with Gasteiger partial charge in [-0.1, -0.05) is 23.9 Å². The number of fused-ring (bicyclic) bond motifs is 2. The fourth-order valence-corrected chi connectivity index (χ4v) is 5.01. The maximum Gasteiger partial charge on any atom is 0.213 e. The summed E-state index contributed by atoms with van der Waals surface area (Å²) in [4.78, 5) is 3.70. The highest BCUT2D eigenvalue weighted by molar-refractivity contribution is 8.03. The Morgan fingerprint density at radius 3 is 2.54 bits per heavy atom. The van der Waals surface area contributed by atoms with Crippen molar-refractivity contribution in [3.8, 4) is 0 Å². The SMILES string of the molecule is C=CCN1/C(=C/c2ccc3ccc(C)cc3[n+]2CC)Sc2cc(C)c(C)cc21. The summed E-state index contributed by atoms with van der Waals surface area (Å²) in [7, 11) is 0. The summed E-state index contributed by atoms with van der Waals surface area (Å²) in [6.45, 7) is 14.5. The molecule has 0 bridgehead atoms. The van der Waals surface area contributed by atoms with Crippen molar-refractivity contribution in [1.29, 1.82) is 0 Å². The average Bonchev–Trinajstić information content (AvgIpc) is 2.98. The minimum absolute atomic E-state index is 0.813. The maximum absolute atomic E-state index is 3.98. The number of anilines is 1. The van der Waals surface area contributed by atoms with Crippen molar-refractivity contribution in [2.45, 2.75) is 39.1 Å². The van der Waals surface area contributed by atoms with Crippen LogP contribution < -0.4 is 9.47 Å². The molecular weight excluding hydrogens is 360 g/mol. The Hall–Kier alpha value is -2.52. The third-order valence-corrected chi connectivity index (χ3v) is 6.56. The second-order valence-corrected chi connectivity index (χ2v) is 8.52. The molecule has 142 valence electrons. The van der Waals surface area contributed by atoms with Gasteiger partial charge in [0.1, 0.15) is 6.54 Å². The van der Waals surface area contributed by atoms with E-state index in [2.05, 4.69) is 92.3 Å². The van der Waals surface area contributed by atoms with Gasteiger partial charge in [-0.25, -0.2) is 0 Å². The lowest BCUT2D eigenvalue weighted by molar-refractivity contribution is -0.669. The highest BCUT2D eigenvalue weighted by atomic mass is 32.2. The van der Waals surface area contributed by atoms with E-state index < -0.39 is 0 Å². The van der Waals surface area contributed by atoms with Crippen LogP contribution in [0.5, 0.6) is 0 Å². The van der Waals surface area contributed by atoms with E-state index in [0.29, 0.717) is 0 Å². The van der Waals surface area contributed by atoms with Gasteiger partial charge in [-0.2, -0.15) is 4.57 Å². The molecule has 0 aliphatic carbocycles. The fraction of sp³-hybridized carbons (Fsp3) is 0.240. The predicted molar refractivity (Wildman–Crippen MR) is 122 cm³/mol. The quantitative estimate of drug-likeness (QED) is 0.390. The molecular formula is C25H27N2S+. The lowest BCUT2D eigenvalue weighted by atomic mass is 10.1. The van der Waals surface area contributed by atoms with Crippen LogP contribution in [-0.4, -0.2) is 6.54 Å². The number of rotatable bonds is 4. The van der Waals surface area contributed by atoms with Crippen LogP contribution in [-0.2, 0) is 6.54 Å². The molecule has 3 heteroatoms. The van der Waals surface area contributed by atoms with Gasteiger partial charge in [0.25, 0.3) is 0 Å². The summed E-state index contributed by atoms with van der Waals surface area (Å²) < 4.78 is 2.40. The van der Waals surface area contributed by atoms with Crippen LogP contribution in [0.3, 0.4) is 0 Å². The summed E-state index contributed by atoms with van der Waals surface area (Å²) in [5.74, 6) is 0. The molecule has 0 amide bonds. The molecule has 0 saturated heterocycles. The molecule has 1 aliphatic heterocycles. The van der Waals surface area contributed by atoms with Crippen LogP contribution in [0.1, 0.15) is 29.3 Å². The molecule has 1 aromatic heterocycles. The van der Waals surface area contributed by atoms with E-state index >= 15 is 0 Å².